The maximum atomic E-state index is 13.3. The van der Waals surface area contributed by atoms with E-state index >= 15 is 0 Å². The molecule has 0 aromatic heterocycles. The number of hydrogen-bond acceptors (Lipinski definition) is 3. The van der Waals surface area contributed by atoms with Crippen LogP contribution in [-0.4, -0.2) is 0 Å². The minimum atomic E-state index is -4.68. The van der Waals surface area contributed by atoms with Gasteiger partial charge in [-0.05, 0) is 43.3 Å². The Labute approximate surface area is 129 Å². The summed E-state index contributed by atoms with van der Waals surface area (Å²) >= 11 is 0. The zero-order chi connectivity index (χ0) is 17.2. The third kappa shape index (κ3) is 3.79. The minimum Gasteiger partial charge on any atom is -0.457 e. The van der Waals surface area contributed by atoms with Gasteiger partial charge in [-0.3, -0.25) is 0 Å². The Morgan fingerprint density at radius 2 is 1.87 bits per heavy atom. The van der Waals surface area contributed by atoms with Crippen LogP contribution >= 0.6 is 0 Å². The molecule has 0 heterocycles. The van der Waals surface area contributed by atoms with Gasteiger partial charge >= 0.3 is 6.18 Å². The second-order valence-electron chi connectivity index (χ2n) is 4.89. The van der Waals surface area contributed by atoms with Gasteiger partial charge in [-0.15, -0.1) is 0 Å². The van der Waals surface area contributed by atoms with Gasteiger partial charge in [0.15, 0.2) is 0 Å². The van der Waals surface area contributed by atoms with Crippen LogP contribution in [0.25, 0.3) is 0 Å². The molecule has 0 spiro atoms. The molecule has 2 rings (SSSR count). The molecule has 0 amide bonds. The average molecular weight is 324 g/mol. The van der Waals surface area contributed by atoms with Crippen LogP contribution in [-0.2, 0) is 6.18 Å². The summed E-state index contributed by atoms with van der Waals surface area (Å²) in [6.45, 7) is 1.60. The number of hydrogen-bond donors (Lipinski definition) is 1. The quantitative estimate of drug-likeness (QED) is 0.844. The highest BCUT2D eigenvalue weighted by Gasteiger charge is 2.34. The van der Waals surface area contributed by atoms with E-state index in [9.17, 15) is 17.6 Å². The Bertz CT molecular complexity index is 764. The van der Waals surface area contributed by atoms with E-state index in [1.165, 1.54) is 18.2 Å². The van der Waals surface area contributed by atoms with Crippen LogP contribution in [0.5, 0.6) is 11.5 Å². The molecule has 0 bridgehead atoms. The van der Waals surface area contributed by atoms with Gasteiger partial charge in [0.05, 0.1) is 17.2 Å². The molecule has 2 aromatic rings. The van der Waals surface area contributed by atoms with E-state index in [0.29, 0.717) is 5.56 Å². The summed E-state index contributed by atoms with van der Waals surface area (Å²) in [6, 6.07) is 7.48. The van der Waals surface area contributed by atoms with Crippen LogP contribution in [0.15, 0.2) is 36.4 Å². The molecule has 2 N–H and O–H groups in total. The van der Waals surface area contributed by atoms with Gasteiger partial charge in [0.25, 0.3) is 0 Å². The maximum Gasteiger partial charge on any atom is 0.417 e. The van der Waals surface area contributed by atoms with Crippen LogP contribution in [0.3, 0.4) is 0 Å². The van der Waals surface area contributed by atoms with Crippen LogP contribution < -0.4 is 10.5 Å². The van der Waals surface area contributed by atoms with Crippen molar-refractivity contribution in [3.8, 4) is 17.6 Å². The molecule has 0 aliphatic heterocycles. The largest absolute Gasteiger partial charge is 0.457 e. The molecule has 0 saturated carbocycles. The first-order chi connectivity index (χ1) is 10.7. The highest BCUT2D eigenvalue weighted by Crippen LogP contribution is 2.36. The molecule has 0 radical (unpaired) electrons. The molecule has 0 saturated heterocycles. The Balaban J connectivity index is 2.44. The van der Waals surface area contributed by atoms with Crippen LogP contribution in [0.1, 0.15) is 29.7 Å². The van der Waals surface area contributed by atoms with Crippen molar-refractivity contribution in [3.05, 3.63) is 58.9 Å². The maximum absolute atomic E-state index is 13.3. The van der Waals surface area contributed by atoms with Gasteiger partial charge in [0.1, 0.15) is 17.3 Å². The zero-order valence-corrected chi connectivity index (χ0v) is 12.0. The second-order valence-corrected chi connectivity index (χ2v) is 4.89. The molecule has 0 aliphatic rings. The Morgan fingerprint density at radius 1 is 1.17 bits per heavy atom. The predicted octanol–water partition coefficient (Wildman–Crippen LogP) is 4.53. The summed E-state index contributed by atoms with van der Waals surface area (Å²) in [4.78, 5) is 0. The highest BCUT2D eigenvalue weighted by atomic mass is 19.4. The van der Waals surface area contributed by atoms with Crippen molar-refractivity contribution in [2.45, 2.75) is 19.1 Å². The fourth-order valence-corrected chi connectivity index (χ4v) is 2.01. The van der Waals surface area contributed by atoms with E-state index in [2.05, 4.69) is 0 Å². The van der Waals surface area contributed by atoms with Gasteiger partial charge < -0.3 is 10.5 Å². The third-order valence-electron chi connectivity index (χ3n) is 3.11. The summed E-state index contributed by atoms with van der Waals surface area (Å²) in [6.07, 6.45) is -4.68. The van der Waals surface area contributed by atoms with Crippen molar-refractivity contribution >= 4 is 0 Å². The molecule has 0 aliphatic carbocycles. The lowest BCUT2D eigenvalue weighted by molar-refractivity contribution is -0.137. The fourth-order valence-electron chi connectivity index (χ4n) is 2.01. The Morgan fingerprint density at radius 3 is 2.43 bits per heavy atom. The van der Waals surface area contributed by atoms with Crippen LogP contribution in [0.4, 0.5) is 17.6 Å². The minimum absolute atomic E-state index is 0.121. The zero-order valence-electron chi connectivity index (χ0n) is 12.0. The monoisotopic (exact) mass is 324 g/mol. The van der Waals surface area contributed by atoms with Crippen molar-refractivity contribution in [2.24, 2.45) is 5.73 Å². The van der Waals surface area contributed by atoms with Crippen LogP contribution in [0, 0.1) is 17.1 Å². The predicted molar refractivity (Wildman–Crippen MR) is 75.2 cm³/mol. The molecule has 120 valence electrons. The first-order valence-electron chi connectivity index (χ1n) is 6.56. The lowest BCUT2D eigenvalue weighted by atomic mass is 10.1. The number of ether oxygens (including phenoxy) is 1. The second kappa shape index (κ2) is 6.26. The van der Waals surface area contributed by atoms with E-state index in [1.54, 1.807) is 6.92 Å². The number of nitrogens with two attached hydrogens (primary N) is 1. The molecule has 0 fully saturated rings. The summed E-state index contributed by atoms with van der Waals surface area (Å²) in [7, 11) is 0. The Kier molecular flexibility index (Phi) is 4.57. The first kappa shape index (κ1) is 16.8. The summed E-state index contributed by atoms with van der Waals surface area (Å²) in [5, 5.41) is 8.76. The summed E-state index contributed by atoms with van der Waals surface area (Å²) in [5.41, 5.74) is 4.44. The standard InChI is InChI=1S/C16H12F4N2O/c1-9(22)13-6-11(17)3-5-15(13)23-12-4-2-10(8-21)14(7-12)16(18,19)20/h2-7,9H,22H2,1H3. The first-order valence-corrected chi connectivity index (χ1v) is 6.56. The number of benzene rings is 2. The molecule has 1 atom stereocenters. The van der Waals surface area contributed by atoms with E-state index in [0.717, 1.165) is 24.3 Å². The van der Waals surface area contributed by atoms with E-state index in [1.807, 2.05) is 0 Å². The van der Waals surface area contributed by atoms with E-state index < -0.39 is 29.2 Å². The van der Waals surface area contributed by atoms with E-state index in [4.69, 9.17) is 15.7 Å². The van der Waals surface area contributed by atoms with Gasteiger partial charge in [0.2, 0.25) is 0 Å². The van der Waals surface area contributed by atoms with Crippen molar-refractivity contribution in [2.75, 3.05) is 0 Å². The molecule has 23 heavy (non-hydrogen) atoms. The lowest BCUT2D eigenvalue weighted by Crippen LogP contribution is -2.09. The summed E-state index contributed by atoms with van der Waals surface area (Å²) < 4.78 is 57.5. The van der Waals surface area contributed by atoms with Gasteiger partial charge in [-0.1, -0.05) is 0 Å². The van der Waals surface area contributed by atoms with Gasteiger partial charge in [-0.2, -0.15) is 18.4 Å². The Hall–Kier alpha value is -2.59. The van der Waals surface area contributed by atoms with Crippen LogP contribution in [0.2, 0.25) is 0 Å². The number of nitrogens with zero attached hydrogens (tertiary/aromatic N) is 1. The van der Waals surface area contributed by atoms with Gasteiger partial charge in [0, 0.05) is 11.6 Å². The smallest absolute Gasteiger partial charge is 0.417 e. The average Bonchev–Trinajstić information content (AvgIpc) is 2.48. The molecule has 2 aromatic carbocycles. The molecular formula is C16H12F4N2O. The van der Waals surface area contributed by atoms with Crippen molar-refractivity contribution in [1.82, 2.24) is 0 Å². The highest BCUT2D eigenvalue weighted by molar-refractivity contribution is 5.46. The normalized spacial score (nSPS) is 12.6. The molecule has 1 unspecified atom stereocenters. The van der Waals surface area contributed by atoms with E-state index in [-0.39, 0.29) is 11.5 Å². The molecule has 3 nitrogen and oxygen atoms in total. The molecular weight excluding hydrogens is 312 g/mol. The van der Waals surface area contributed by atoms with Crippen molar-refractivity contribution < 1.29 is 22.3 Å². The number of rotatable bonds is 3. The number of alkyl halides is 3. The van der Waals surface area contributed by atoms with Crippen molar-refractivity contribution in [3.63, 3.8) is 0 Å². The van der Waals surface area contributed by atoms with Crippen molar-refractivity contribution in [1.29, 1.82) is 5.26 Å². The van der Waals surface area contributed by atoms with Gasteiger partial charge in [-0.25, -0.2) is 4.39 Å². The molecule has 7 heteroatoms. The summed E-state index contributed by atoms with van der Waals surface area (Å²) in [5.74, 6) is -0.496. The third-order valence-corrected chi connectivity index (χ3v) is 3.11. The SMILES string of the molecule is CC(N)c1cc(F)ccc1Oc1ccc(C#N)c(C(F)(F)F)c1. The fraction of sp³-hybridized carbons (Fsp3) is 0.188. The number of nitriles is 1. The lowest BCUT2D eigenvalue weighted by Gasteiger charge is -2.15. The number of halogens is 4. The topological polar surface area (TPSA) is 59.0 Å².